The van der Waals surface area contributed by atoms with Crippen LogP contribution < -0.4 is 9.47 Å². The molecule has 28 heavy (non-hydrogen) atoms. The Labute approximate surface area is 165 Å². The summed E-state index contributed by atoms with van der Waals surface area (Å²) in [6.07, 6.45) is 3.51. The normalized spacial score (nSPS) is 11.1. The predicted octanol–water partition coefficient (Wildman–Crippen LogP) is 3.96. The predicted molar refractivity (Wildman–Crippen MR) is 106 cm³/mol. The highest BCUT2D eigenvalue weighted by molar-refractivity contribution is 5.84. The molecule has 0 atom stereocenters. The lowest BCUT2D eigenvalue weighted by Gasteiger charge is -2.12. The Hall–Kier alpha value is -3.15. The monoisotopic (exact) mass is 386 g/mol. The smallest absolute Gasteiger partial charge is 0.370 e. The average molecular weight is 386 g/mol. The van der Waals surface area contributed by atoms with E-state index < -0.39 is 5.97 Å². The molecule has 0 fully saturated rings. The van der Waals surface area contributed by atoms with Crippen molar-refractivity contribution in [3.63, 3.8) is 0 Å². The van der Waals surface area contributed by atoms with Crippen LogP contribution in [0.5, 0.6) is 17.2 Å². The van der Waals surface area contributed by atoms with Crippen LogP contribution in [0.25, 0.3) is 0 Å². The Morgan fingerprint density at radius 1 is 1.04 bits per heavy atom. The fourth-order valence-electron chi connectivity index (χ4n) is 2.66. The average Bonchev–Trinajstić information content (AvgIpc) is 2.69. The molecule has 0 aliphatic heterocycles. The van der Waals surface area contributed by atoms with Crippen molar-refractivity contribution in [2.45, 2.75) is 26.2 Å². The number of ether oxygens (including phenoxy) is 3. The van der Waals surface area contributed by atoms with E-state index >= 15 is 0 Å². The first-order chi connectivity index (χ1) is 13.5. The number of carboxylic acid groups (broad SMARTS) is 1. The van der Waals surface area contributed by atoms with E-state index in [2.05, 4.69) is 0 Å². The van der Waals surface area contributed by atoms with Gasteiger partial charge in [-0.25, -0.2) is 4.79 Å². The van der Waals surface area contributed by atoms with Gasteiger partial charge in [0.1, 0.15) is 5.75 Å². The Morgan fingerprint density at radius 3 is 2.39 bits per heavy atom. The fraction of sp³-hybridized carbons (Fsp3) is 0.318. The quantitative estimate of drug-likeness (QED) is 0.449. The van der Waals surface area contributed by atoms with E-state index in [-0.39, 0.29) is 11.5 Å². The number of hydrogen-bond acceptors (Lipinski definition) is 5. The van der Waals surface area contributed by atoms with E-state index in [0.717, 1.165) is 11.1 Å². The molecule has 6 nitrogen and oxygen atoms in total. The number of benzene rings is 2. The molecule has 6 heteroatoms. The molecule has 0 radical (unpaired) electrons. The van der Waals surface area contributed by atoms with Gasteiger partial charge in [-0.05, 0) is 61.2 Å². The number of methoxy groups -OCH3 is 1. The number of carboxylic acids is 1. The number of aryl methyl sites for hydroxylation is 1. The van der Waals surface area contributed by atoms with Gasteiger partial charge in [0, 0.05) is 6.42 Å². The highest BCUT2D eigenvalue weighted by atomic mass is 16.5. The lowest BCUT2D eigenvalue weighted by molar-refractivity contribution is -0.136. The van der Waals surface area contributed by atoms with Crippen molar-refractivity contribution >= 4 is 5.97 Å². The van der Waals surface area contributed by atoms with Gasteiger partial charge in [0.15, 0.2) is 17.3 Å². The van der Waals surface area contributed by atoms with Gasteiger partial charge in [0.25, 0.3) is 0 Å². The van der Waals surface area contributed by atoms with E-state index in [0.29, 0.717) is 44.0 Å². The maximum absolute atomic E-state index is 11.1. The maximum atomic E-state index is 11.1. The van der Waals surface area contributed by atoms with E-state index in [1.807, 2.05) is 30.3 Å². The lowest BCUT2D eigenvalue weighted by atomic mass is 10.1. The van der Waals surface area contributed by atoms with Gasteiger partial charge in [-0.3, -0.25) is 0 Å². The molecule has 0 bridgehead atoms. The molecule has 0 spiro atoms. The standard InChI is InChI=1S/C22H26O6/c1-3-27-20(22(24)25)6-4-5-17-9-12-19(21(15-17)26-2)28-14-13-16-7-10-18(23)11-8-16/h6-12,15,23H,3-5,13-14H2,1-2H3,(H,24,25). The SMILES string of the molecule is CCOC(=CCCc1ccc(OCCc2ccc(O)cc2)c(OC)c1)C(=O)O. The van der Waals surface area contributed by atoms with Crippen molar-refractivity contribution in [1.82, 2.24) is 0 Å². The molecule has 0 aliphatic rings. The van der Waals surface area contributed by atoms with E-state index in [1.54, 1.807) is 32.2 Å². The van der Waals surface area contributed by atoms with Gasteiger partial charge >= 0.3 is 5.97 Å². The van der Waals surface area contributed by atoms with Crippen LogP contribution in [-0.4, -0.2) is 36.5 Å². The molecule has 2 N–H and O–H groups in total. The van der Waals surface area contributed by atoms with Crippen molar-refractivity contribution < 1.29 is 29.2 Å². The van der Waals surface area contributed by atoms with E-state index in [4.69, 9.17) is 19.3 Å². The third-order valence-corrected chi connectivity index (χ3v) is 4.09. The number of aliphatic carboxylic acids is 1. The van der Waals surface area contributed by atoms with Crippen LogP contribution >= 0.6 is 0 Å². The second kappa shape index (κ2) is 10.9. The molecule has 2 aromatic carbocycles. The topological polar surface area (TPSA) is 85.2 Å². The Kier molecular flexibility index (Phi) is 8.21. The summed E-state index contributed by atoms with van der Waals surface area (Å²) in [6, 6.07) is 12.7. The van der Waals surface area contributed by atoms with Crippen LogP contribution in [-0.2, 0) is 22.4 Å². The number of carbonyl (C=O) groups is 1. The van der Waals surface area contributed by atoms with Gasteiger partial charge in [-0.1, -0.05) is 18.2 Å². The molecular weight excluding hydrogens is 360 g/mol. The first-order valence-electron chi connectivity index (χ1n) is 9.17. The zero-order chi connectivity index (χ0) is 20.4. The molecule has 2 rings (SSSR count). The summed E-state index contributed by atoms with van der Waals surface area (Å²) in [5.74, 6) is 0.450. The summed E-state index contributed by atoms with van der Waals surface area (Å²) in [7, 11) is 1.59. The minimum Gasteiger partial charge on any atom is -0.508 e. The second-order valence-corrected chi connectivity index (χ2v) is 6.10. The van der Waals surface area contributed by atoms with Crippen LogP contribution in [0.1, 0.15) is 24.5 Å². The third kappa shape index (κ3) is 6.54. The molecule has 2 aromatic rings. The molecule has 0 amide bonds. The van der Waals surface area contributed by atoms with Crippen LogP contribution in [0.4, 0.5) is 0 Å². The van der Waals surface area contributed by atoms with E-state index in [1.165, 1.54) is 0 Å². The highest BCUT2D eigenvalue weighted by Crippen LogP contribution is 2.29. The van der Waals surface area contributed by atoms with Crippen LogP contribution in [0.3, 0.4) is 0 Å². The summed E-state index contributed by atoms with van der Waals surface area (Å²) in [4.78, 5) is 11.1. The molecule has 0 unspecified atom stereocenters. The fourth-order valence-corrected chi connectivity index (χ4v) is 2.66. The minimum absolute atomic E-state index is 0.0244. The van der Waals surface area contributed by atoms with Gasteiger partial charge in [0.2, 0.25) is 0 Å². The number of hydrogen-bond donors (Lipinski definition) is 2. The summed E-state index contributed by atoms with van der Waals surface area (Å²) >= 11 is 0. The molecule has 0 aliphatic carbocycles. The number of rotatable bonds is 11. The number of allylic oxidation sites excluding steroid dienone is 1. The van der Waals surface area contributed by atoms with Gasteiger partial charge < -0.3 is 24.4 Å². The molecule has 0 heterocycles. The van der Waals surface area contributed by atoms with Gasteiger partial charge in [0.05, 0.1) is 20.3 Å². The molecule has 0 aromatic heterocycles. The number of phenols is 1. The van der Waals surface area contributed by atoms with Gasteiger partial charge in [-0.2, -0.15) is 0 Å². The van der Waals surface area contributed by atoms with Crippen molar-refractivity contribution in [1.29, 1.82) is 0 Å². The van der Waals surface area contributed by atoms with Crippen LogP contribution in [0.2, 0.25) is 0 Å². The minimum atomic E-state index is -1.06. The van der Waals surface area contributed by atoms with Gasteiger partial charge in [-0.15, -0.1) is 0 Å². The lowest BCUT2D eigenvalue weighted by Crippen LogP contribution is -2.05. The molecule has 0 saturated heterocycles. The van der Waals surface area contributed by atoms with Crippen molar-refractivity contribution in [2.24, 2.45) is 0 Å². The molecule has 0 saturated carbocycles. The number of aromatic hydroxyl groups is 1. The second-order valence-electron chi connectivity index (χ2n) is 6.10. The highest BCUT2D eigenvalue weighted by Gasteiger charge is 2.09. The van der Waals surface area contributed by atoms with Crippen LogP contribution in [0, 0.1) is 0 Å². The van der Waals surface area contributed by atoms with Crippen molar-refractivity contribution in [3.8, 4) is 17.2 Å². The zero-order valence-corrected chi connectivity index (χ0v) is 16.2. The summed E-state index contributed by atoms with van der Waals surface area (Å²) in [5, 5.41) is 18.4. The maximum Gasteiger partial charge on any atom is 0.370 e. The first-order valence-corrected chi connectivity index (χ1v) is 9.17. The van der Waals surface area contributed by atoms with Crippen molar-refractivity contribution in [2.75, 3.05) is 20.3 Å². The van der Waals surface area contributed by atoms with E-state index in [9.17, 15) is 9.90 Å². The Morgan fingerprint density at radius 2 is 1.75 bits per heavy atom. The third-order valence-electron chi connectivity index (χ3n) is 4.09. The number of phenolic OH excluding ortho intramolecular Hbond substituents is 1. The first kappa shape index (κ1) is 21.2. The molecular formula is C22H26O6. The zero-order valence-electron chi connectivity index (χ0n) is 16.2. The van der Waals surface area contributed by atoms with Crippen LogP contribution in [0.15, 0.2) is 54.3 Å². The molecule has 150 valence electrons. The Balaban J connectivity index is 1.92. The summed E-state index contributed by atoms with van der Waals surface area (Å²) < 4.78 is 16.3. The summed E-state index contributed by atoms with van der Waals surface area (Å²) in [5.41, 5.74) is 2.09. The van der Waals surface area contributed by atoms with Crippen molar-refractivity contribution in [3.05, 3.63) is 65.4 Å². The Bertz CT molecular complexity index is 795. The largest absolute Gasteiger partial charge is 0.508 e. The summed E-state index contributed by atoms with van der Waals surface area (Å²) in [6.45, 7) is 2.56.